The number of halogens is 1. The molecule has 0 aliphatic carbocycles. The Hall–Kier alpha value is -2.04. The van der Waals surface area contributed by atoms with E-state index in [1.807, 2.05) is 24.3 Å². The van der Waals surface area contributed by atoms with Crippen molar-refractivity contribution < 1.29 is 0 Å². The molecule has 4 nitrogen and oxygen atoms in total. The lowest BCUT2D eigenvalue weighted by atomic mass is 10.1. The van der Waals surface area contributed by atoms with Gasteiger partial charge >= 0.3 is 0 Å². The summed E-state index contributed by atoms with van der Waals surface area (Å²) in [5.41, 5.74) is 3.68. The predicted molar refractivity (Wildman–Crippen MR) is 107 cm³/mol. The molecule has 0 fully saturated rings. The average Bonchev–Trinajstić information content (AvgIpc) is 2.58. The van der Waals surface area contributed by atoms with Gasteiger partial charge in [-0.25, -0.2) is 4.99 Å². The van der Waals surface area contributed by atoms with E-state index in [-0.39, 0.29) is 0 Å². The summed E-state index contributed by atoms with van der Waals surface area (Å²) in [6, 6.07) is 16.4. The normalized spacial score (nSPS) is 11.6. The van der Waals surface area contributed by atoms with Gasteiger partial charge in [0.2, 0.25) is 0 Å². The molecule has 0 atom stereocenters. The first-order valence-electron chi connectivity index (χ1n) is 8.56. The van der Waals surface area contributed by atoms with Crippen LogP contribution in [-0.4, -0.2) is 31.5 Å². The molecule has 0 heterocycles. The van der Waals surface area contributed by atoms with Crippen molar-refractivity contribution in [2.75, 3.05) is 20.6 Å². The third-order valence-corrected chi connectivity index (χ3v) is 3.88. The van der Waals surface area contributed by atoms with E-state index in [1.165, 1.54) is 16.7 Å². The van der Waals surface area contributed by atoms with Crippen molar-refractivity contribution in [3.8, 4) is 0 Å². The molecule has 2 N–H and O–H groups in total. The largest absolute Gasteiger partial charge is 0.357 e. The minimum Gasteiger partial charge on any atom is -0.357 e. The molecule has 0 unspecified atom stereocenters. The van der Waals surface area contributed by atoms with E-state index in [1.54, 1.807) is 0 Å². The molecule has 2 rings (SSSR count). The van der Waals surface area contributed by atoms with Crippen molar-refractivity contribution in [3.63, 3.8) is 0 Å². The molecule has 0 aliphatic rings. The van der Waals surface area contributed by atoms with E-state index < -0.39 is 0 Å². The van der Waals surface area contributed by atoms with Gasteiger partial charge in [-0.1, -0.05) is 48.0 Å². The van der Waals surface area contributed by atoms with E-state index in [0.29, 0.717) is 13.1 Å². The monoisotopic (exact) mass is 358 g/mol. The van der Waals surface area contributed by atoms with Crippen LogP contribution in [0, 0.1) is 0 Å². The standard InChI is InChI=1S/C20H27ClN4/c1-4-22-20(23-13-16-8-10-19(21)11-9-16)24-14-17-6-5-7-18(12-17)15-25(2)3/h5-12H,4,13-15H2,1-3H3,(H2,22,23,24). The highest BCUT2D eigenvalue weighted by atomic mass is 35.5. The molecule has 2 aromatic carbocycles. The number of hydrogen-bond acceptors (Lipinski definition) is 2. The minimum absolute atomic E-state index is 0.650. The molecular formula is C20H27ClN4. The van der Waals surface area contributed by atoms with Gasteiger partial charge in [-0.05, 0) is 49.8 Å². The Labute approximate surface area is 155 Å². The van der Waals surface area contributed by atoms with Crippen molar-refractivity contribution >= 4 is 17.6 Å². The zero-order chi connectivity index (χ0) is 18.1. The van der Waals surface area contributed by atoms with Gasteiger partial charge in [-0.2, -0.15) is 0 Å². The fourth-order valence-electron chi connectivity index (χ4n) is 2.49. The highest BCUT2D eigenvalue weighted by Gasteiger charge is 2.01. The maximum Gasteiger partial charge on any atom is 0.191 e. The van der Waals surface area contributed by atoms with Crippen molar-refractivity contribution in [2.45, 2.75) is 26.6 Å². The molecule has 0 saturated heterocycles. The maximum absolute atomic E-state index is 5.93. The third-order valence-electron chi connectivity index (χ3n) is 3.63. The van der Waals surface area contributed by atoms with Gasteiger partial charge in [0.05, 0.1) is 6.54 Å². The van der Waals surface area contributed by atoms with E-state index in [2.05, 4.69) is 60.8 Å². The van der Waals surface area contributed by atoms with Crippen molar-refractivity contribution in [3.05, 3.63) is 70.2 Å². The first-order chi connectivity index (χ1) is 12.1. The molecule has 0 bridgehead atoms. The Morgan fingerprint density at radius 2 is 1.72 bits per heavy atom. The molecule has 0 aliphatic heterocycles. The minimum atomic E-state index is 0.650. The number of guanidine groups is 1. The second-order valence-corrected chi connectivity index (χ2v) is 6.67. The van der Waals surface area contributed by atoms with Crippen LogP contribution < -0.4 is 10.6 Å². The Bertz CT molecular complexity index is 680. The second-order valence-electron chi connectivity index (χ2n) is 6.23. The third kappa shape index (κ3) is 7.16. The maximum atomic E-state index is 5.93. The van der Waals surface area contributed by atoms with Gasteiger partial charge in [0.25, 0.3) is 0 Å². The van der Waals surface area contributed by atoms with Gasteiger partial charge in [0.1, 0.15) is 0 Å². The molecule has 2 aromatic rings. The van der Waals surface area contributed by atoms with Crippen LogP contribution in [0.1, 0.15) is 23.6 Å². The molecule has 25 heavy (non-hydrogen) atoms. The van der Waals surface area contributed by atoms with Crippen LogP contribution in [0.15, 0.2) is 53.5 Å². The van der Waals surface area contributed by atoms with Crippen LogP contribution in [0.4, 0.5) is 0 Å². The smallest absolute Gasteiger partial charge is 0.191 e. The summed E-state index contributed by atoms with van der Waals surface area (Å²) >= 11 is 5.93. The molecule has 0 amide bonds. The van der Waals surface area contributed by atoms with Crippen molar-refractivity contribution in [1.29, 1.82) is 0 Å². The number of nitrogens with one attached hydrogen (secondary N) is 2. The number of hydrogen-bond donors (Lipinski definition) is 2. The topological polar surface area (TPSA) is 39.7 Å². The summed E-state index contributed by atoms with van der Waals surface area (Å²) in [5, 5.41) is 7.40. The highest BCUT2D eigenvalue weighted by molar-refractivity contribution is 6.30. The first-order valence-corrected chi connectivity index (χ1v) is 8.94. The lowest BCUT2D eigenvalue weighted by Crippen LogP contribution is -2.36. The fourth-order valence-corrected chi connectivity index (χ4v) is 2.62. The Morgan fingerprint density at radius 3 is 2.40 bits per heavy atom. The Kier molecular flexibility index (Phi) is 7.76. The second kappa shape index (κ2) is 10.1. The Balaban J connectivity index is 1.97. The zero-order valence-electron chi connectivity index (χ0n) is 15.2. The number of rotatable bonds is 7. The van der Waals surface area contributed by atoms with Gasteiger partial charge < -0.3 is 15.5 Å². The zero-order valence-corrected chi connectivity index (χ0v) is 16.0. The lowest BCUT2D eigenvalue weighted by molar-refractivity contribution is 0.402. The average molecular weight is 359 g/mol. The van der Waals surface area contributed by atoms with Gasteiger partial charge in [-0.15, -0.1) is 0 Å². The molecule has 0 spiro atoms. The molecular weight excluding hydrogens is 332 g/mol. The van der Waals surface area contributed by atoms with E-state index >= 15 is 0 Å². The number of aliphatic imine (C=N–C) groups is 1. The van der Waals surface area contributed by atoms with Gasteiger partial charge in [-0.3, -0.25) is 0 Å². The van der Waals surface area contributed by atoms with Crippen molar-refractivity contribution in [2.24, 2.45) is 4.99 Å². The quantitative estimate of drug-likeness (QED) is 0.586. The number of nitrogens with zero attached hydrogens (tertiary/aromatic N) is 2. The molecule has 0 aromatic heterocycles. The number of benzene rings is 2. The van der Waals surface area contributed by atoms with E-state index in [0.717, 1.165) is 24.1 Å². The van der Waals surface area contributed by atoms with Crippen LogP contribution in [-0.2, 0) is 19.6 Å². The van der Waals surface area contributed by atoms with E-state index in [4.69, 9.17) is 16.6 Å². The summed E-state index contributed by atoms with van der Waals surface area (Å²) < 4.78 is 0. The van der Waals surface area contributed by atoms with Crippen LogP contribution in [0.25, 0.3) is 0 Å². The summed E-state index contributed by atoms with van der Waals surface area (Å²) in [6.07, 6.45) is 0. The SMILES string of the molecule is CCNC(=NCc1cccc(CN(C)C)c1)NCc1ccc(Cl)cc1. The van der Waals surface area contributed by atoms with Crippen LogP contribution in [0.2, 0.25) is 5.02 Å². The summed E-state index contributed by atoms with van der Waals surface area (Å²) in [6.45, 7) is 5.19. The van der Waals surface area contributed by atoms with E-state index in [9.17, 15) is 0 Å². The summed E-state index contributed by atoms with van der Waals surface area (Å²) in [4.78, 5) is 6.86. The van der Waals surface area contributed by atoms with Crippen LogP contribution in [0.5, 0.6) is 0 Å². The van der Waals surface area contributed by atoms with Crippen molar-refractivity contribution in [1.82, 2.24) is 15.5 Å². The van der Waals surface area contributed by atoms with Gasteiger partial charge in [0, 0.05) is 24.7 Å². The first kappa shape index (κ1) is 19.3. The Morgan fingerprint density at radius 1 is 1.00 bits per heavy atom. The molecule has 0 saturated carbocycles. The summed E-state index contributed by atoms with van der Waals surface area (Å²) in [5.74, 6) is 0.815. The highest BCUT2D eigenvalue weighted by Crippen LogP contribution is 2.10. The fraction of sp³-hybridized carbons (Fsp3) is 0.350. The molecule has 0 radical (unpaired) electrons. The van der Waals surface area contributed by atoms with Gasteiger partial charge in [0.15, 0.2) is 5.96 Å². The van der Waals surface area contributed by atoms with Crippen LogP contribution >= 0.6 is 11.6 Å². The lowest BCUT2D eigenvalue weighted by Gasteiger charge is -2.12. The summed E-state index contributed by atoms with van der Waals surface area (Å²) in [7, 11) is 4.16. The predicted octanol–water partition coefficient (Wildman–Crippen LogP) is 3.66. The van der Waals surface area contributed by atoms with Crippen LogP contribution in [0.3, 0.4) is 0 Å². The molecule has 5 heteroatoms. The molecule has 134 valence electrons.